The summed E-state index contributed by atoms with van der Waals surface area (Å²) in [6.45, 7) is 5.78. The second-order valence-electron chi connectivity index (χ2n) is 6.02. The van der Waals surface area contributed by atoms with Crippen molar-refractivity contribution in [3.63, 3.8) is 0 Å². The van der Waals surface area contributed by atoms with E-state index in [9.17, 15) is 9.59 Å². The molecule has 2 rings (SSSR count). The van der Waals surface area contributed by atoms with E-state index < -0.39 is 5.92 Å². The average Bonchev–Trinajstić information content (AvgIpc) is 2.29. The maximum absolute atomic E-state index is 12.3. The molecule has 0 aliphatic heterocycles. The third kappa shape index (κ3) is 2.68. The summed E-state index contributed by atoms with van der Waals surface area (Å²) in [5, 5.41) is 0. The molecule has 0 unspecified atom stereocenters. The largest absolute Gasteiger partial charge is 0.412 e. The summed E-state index contributed by atoms with van der Waals surface area (Å²) < 4.78 is 0. The fourth-order valence-corrected chi connectivity index (χ4v) is 2.74. The molecular formula is C15H19NO3. The van der Waals surface area contributed by atoms with Gasteiger partial charge >= 0.3 is 0 Å². The molecule has 2 N–H and O–H groups in total. The first-order valence-electron chi connectivity index (χ1n) is 6.37. The molecule has 1 aromatic carbocycles. The molecule has 0 heterocycles. The number of aryl methyl sites for hydroxylation is 1. The highest BCUT2D eigenvalue weighted by molar-refractivity contribution is 6.10. The zero-order valence-electron chi connectivity index (χ0n) is 11.5. The van der Waals surface area contributed by atoms with E-state index in [0.29, 0.717) is 24.2 Å². The van der Waals surface area contributed by atoms with E-state index in [1.807, 2.05) is 26.8 Å². The van der Waals surface area contributed by atoms with Crippen molar-refractivity contribution in [2.45, 2.75) is 39.5 Å². The number of Topliss-reactive ketones (excluding diaryl/α,β-unsaturated/α-hetero) is 2. The number of ketones is 2. The second kappa shape index (κ2) is 4.78. The van der Waals surface area contributed by atoms with Crippen LogP contribution in [0.15, 0.2) is 18.2 Å². The Labute approximate surface area is 112 Å². The summed E-state index contributed by atoms with van der Waals surface area (Å²) in [5.74, 6) is 4.91. The lowest BCUT2D eigenvalue weighted by Gasteiger charge is -2.32. The minimum atomic E-state index is -0.664. The second-order valence-corrected chi connectivity index (χ2v) is 6.02. The quantitative estimate of drug-likeness (QED) is 0.655. The predicted molar refractivity (Wildman–Crippen MR) is 71.8 cm³/mol. The lowest BCUT2D eigenvalue weighted by atomic mass is 9.69. The molecule has 1 saturated carbocycles. The Kier molecular flexibility index (Phi) is 3.45. The molecule has 0 saturated heterocycles. The van der Waals surface area contributed by atoms with Crippen LogP contribution in [0.25, 0.3) is 0 Å². The summed E-state index contributed by atoms with van der Waals surface area (Å²) in [6, 6.07) is 5.23. The molecule has 0 amide bonds. The first kappa shape index (κ1) is 13.7. The predicted octanol–water partition coefficient (Wildman–Crippen LogP) is 2.29. The molecule has 1 fully saturated rings. The van der Waals surface area contributed by atoms with E-state index in [2.05, 4.69) is 4.84 Å². The van der Waals surface area contributed by atoms with Crippen LogP contribution in [0.1, 0.15) is 43.7 Å². The lowest BCUT2D eigenvalue weighted by Crippen LogP contribution is -2.36. The number of hydrogen-bond donors (Lipinski definition) is 1. The van der Waals surface area contributed by atoms with Crippen LogP contribution in [-0.2, 0) is 9.59 Å². The Morgan fingerprint density at radius 3 is 2.32 bits per heavy atom. The van der Waals surface area contributed by atoms with Gasteiger partial charge in [-0.3, -0.25) is 9.59 Å². The third-order valence-electron chi connectivity index (χ3n) is 3.65. The van der Waals surface area contributed by atoms with E-state index in [1.54, 1.807) is 12.1 Å². The Morgan fingerprint density at radius 2 is 1.79 bits per heavy atom. The number of carbonyl (C=O) groups is 2. The smallest absolute Gasteiger partial charge is 0.148 e. The summed E-state index contributed by atoms with van der Waals surface area (Å²) >= 11 is 0. The molecule has 0 bridgehead atoms. The van der Waals surface area contributed by atoms with Crippen molar-refractivity contribution in [2.75, 3.05) is 0 Å². The highest BCUT2D eigenvalue weighted by Gasteiger charge is 2.40. The van der Waals surface area contributed by atoms with Crippen LogP contribution >= 0.6 is 0 Å². The van der Waals surface area contributed by atoms with E-state index in [1.165, 1.54) is 0 Å². The Hall–Kier alpha value is -1.68. The highest BCUT2D eigenvalue weighted by atomic mass is 16.6. The topological polar surface area (TPSA) is 69.4 Å². The van der Waals surface area contributed by atoms with Gasteiger partial charge in [0.1, 0.15) is 23.2 Å². The van der Waals surface area contributed by atoms with Gasteiger partial charge in [0.15, 0.2) is 0 Å². The molecule has 1 aliphatic carbocycles. The van der Waals surface area contributed by atoms with Gasteiger partial charge in [-0.05, 0) is 35.6 Å². The van der Waals surface area contributed by atoms with Crippen LogP contribution in [0.5, 0.6) is 5.75 Å². The lowest BCUT2D eigenvalue weighted by molar-refractivity contribution is -0.135. The number of rotatable bonds is 2. The normalized spacial score (nSPS) is 19.6. The van der Waals surface area contributed by atoms with Crippen molar-refractivity contribution in [1.29, 1.82) is 0 Å². The van der Waals surface area contributed by atoms with E-state index >= 15 is 0 Å². The van der Waals surface area contributed by atoms with Gasteiger partial charge in [-0.15, -0.1) is 0 Å². The molecule has 1 aromatic rings. The number of benzene rings is 1. The van der Waals surface area contributed by atoms with E-state index in [-0.39, 0.29) is 17.0 Å². The Morgan fingerprint density at radius 1 is 1.21 bits per heavy atom. The monoisotopic (exact) mass is 261 g/mol. The van der Waals surface area contributed by atoms with E-state index in [0.717, 1.165) is 5.56 Å². The van der Waals surface area contributed by atoms with Crippen LogP contribution in [0.4, 0.5) is 0 Å². The fraction of sp³-hybridized carbons (Fsp3) is 0.467. The van der Waals surface area contributed by atoms with Crippen molar-refractivity contribution in [3.05, 3.63) is 29.3 Å². The molecule has 19 heavy (non-hydrogen) atoms. The zero-order chi connectivity index (χ0) is 14.2. The minimum Gasteiger partial charge on any atom is -0.412 e. The molecule has 0 atom stereocenters. The average molecular weight is 261 g/mol. The summed E-state index contributed by atoms with van der Waals surface area (Å²) in [4.78, 5) is 29.2. The van der Waals surface area contributed by atoms with Crippen molar-refractivity contribution < 1.29 is 14.4 Å². The van der Waals surface area contributed by atoms with Gasteiger partial charge in [-0.25, -0.2) is 0 Å². The minimum absolute atomic E-state index is 0.0153. The highest BCUT2D eigenvalue weighted by Crippen LogP contribution is 2.39. The van der Waals surface area contributed by atoms with Crippen molar-refractivity contribution >= 4 is 11.6 Å². The fourth-order valence-electron chi connectivity index (χ4n) is 2.74. The van der Waals surface area contributed by atoms with Crippen LogP contribution in [0.2, 0.25) is 0 Å². The van der Waals surface area contributed by atoms with Crippen molar-refractivity contribution in [3.8, 4) is 5.75 Å². The van der Waals surface area contributed by atoms with Crippen molar-refractivity contribution in [1.82, 2.24) is 0 Å². The molecule has 0 radical (unpaired) electrons. The standard InChI is InChI=1S/C15H19NO3/c1-9-4-5-10(19-16)6-11(9)14-12(17)7-15(2,3)8-13(14)18/h4-6,14H,7-8,16H2,1-3H3. The molecule has 4 nitrogen and oxygen atoms in total. The van der Waals surface area contributed by atoms with Crippen molar-refractivity contribution in [2.24, 2.45) is 11.3 Å². The van der Waals surface area contributed by atoms with Gasteiger partial charge in [0, 0.05) is 12.8 Å². The molecule has 0 aromatic heterocycles. The van der Waals surface area contributed by atoms with E-state index in [4.69, 9.17) is 5.90 Å². The number of nitrogens with two attached hydrogens (primary N) is 1. The first-order valence-corrected chi connectivity index (χ1v) is 6.37. The maximum Gasteiger partial charge on any atom is 0.148 e. The van der Waals surface area contributed by atoms with Gasteiger partial charge in [-0.1, -0.05) is 19.9 Å². The summed E-state index contributed by atoms with van der Waals surface area (Å²) in [6.07, 6.45) is 0.854. The van der Waals surface area contributed by atoms with Crippen LogP contribution in [0, 0.1) is 12.3 Å². The van der Waals surface area contributed by atoms with Gasteiger partial charge in [0.05, 0.1) is 0 Å². The van der Waals surface area contributed by atoms with Crippen LogP contribution < -0.4 is 10.7 Å². The van der Waals surface area contributed by atoms with Crippen LogP contribution in [-0.4, -0.2) is 11.6 Å². The number of carbonyl (C=O) groups excluding carboxylic acids is 2. The number of hydrogen-bond acceptors (Lipinski definition) is 4. The van der Waals surface area contributed by atoms with Gasteiger partial charge in [0.2, 0.25) is 0 Å². The molecule has 4 heteroatoms. The summed E-state index contributed by atoms with van der Waals surface area (Å²) in [7, 11) is 0. The van der Waals surface area contributed by atoms with Gasteiger partial charge in [0.25, 0.3) is 0 Å². The first-order chi connectivity index (χ1) is 8.84. The Balaban J connectivity index is 2.41. The Bertz CT molecular complexity index is 514. The molecule has 102 valence electrons. The van der Waals surface area contributed by atoms with Gasteiger partial charge in [-0.2, -0.15) is 5.90 Å². The molecular weight excluding hydrogens is 242 g/mol. The van der Waals surface area contributed by atoms with Gasteiger partial charge < -0.3 is 4.84 Å². The molecule has 0 spiro atoms. The van der Waals surface area contributed by atoms with Crippen LogP contribution in [0.3, 0.4) is 0 Å². The third-order valence-corrected chi connectivity index (χ3v) is 3.65. The summed E-state index contributed by atoms with van der Waals surface area (Å²) in [5.41, 5.74) is 1.39. The maximum atomic E-state index is 12.3. The molecule has 1 aliphatic rings. The zero-order valence-corrected chi connectivity index (χ0v) is 11.5. The SMILES string of the molecule is Cc1ccc(ON)cc1C1C(=O)CC(C)(C)CC1=O.